The van der Waals surface area contributed by atoms with Crippen molar-refractivity contribution in [2.45, 2.75) is 13.3 Å². The third-order valence-electron chi connectivity index (χ3n) is 3.19. The Kier molecular flexibility index (Phi) is 3.96. The molecule has 21 heavy (non-hydrogen) atoms. The minimum atomic E-state index is 0.647. The molecule has 0 bridgehead atoms. The fourth-order valence-corrected chi connectivity index (χ4v) is 2.13. The van der Waals surface area contributed by atoms with Crippen LogP contribution in [-0.2, 0) is 6.42 Å². The summed E-state index contributed by atoms with van der Waals surface area (Å²) in [6, 6.07) is 18.2. The number of nitrogens with one attached hydrogen (secondary N) is 1. The van der Waals surface area contributed by atoms with Gasteiger partial charge in [-0.2, -0.15) is 4.98 Å². The number of para-hydroxylation sites is 1. The third-order valence-corrected chi connectivity index (χ3v) is 3.19. The maximum absolute atomic E-state index is 5.30. The lowest BCUT2D eigenvalue weighted by atomic mass is 10.1. The van der Waals surface area contributed by atoms with Crippen molar-refractivity contribution in [3.05, 3.63) is 66.1 Å². The van der Waals surface area contributed by atoms with Gasteiger partial charge in [0.15, 0.2) is 0 Å². The highest BCUT2D eigenvalue weighted by Crippen LogP contribution is 2.17. The molecular formula is C17H17N3O. The molecule has 4 heteroatoms. The molecule has 1 heterocycles. The average molecular weight is 279 g/mol. The van der Waals surface area contributed by atoms with Crippen molar-refractivity contribution in [2.24, 2.45) is 0 Å². The molecule has 1 aromatic heterocycles. The fourth-order valence-electron chi connectivity index (χ4n) is 2.13. The first-order valence-electron chi connectivity index (χ1n) is 7.00. The summed E-state index contributed by atoms with van der Waals surface area (Å²) >= 11 is 0. The Morgan fingerprint density at radius 2 is 1.90 bits per heavy atom. The van der Waals surface area contributed by atoms with Crippen LogP contribution in [0.25, 0.3) is 11.4 Å². The van der Waals surface area contributed by atoms with Crippen molar-refractivity contribution in [3.63, 3.8) is 0 Å². The van der Waals surface area contributed by atoms with Crippen LogP contribution in [0.5, 0.6) is 0 Å². The second-order valence-electron chi connectivity index (χ2n) is 4.92. The molecule has 0 fully saturated rings. The normalized spacial score (nSPS) is 10.5. The van der Waals surface area contributed by atoms with Gasteiger partial charge in [-0.25, -0.2) is 0 Å². The molecule has 0 atom stereocenters. The number of anilines is 1. The van der Waals surface area contributed by atoms with E-state index in [4.69, 9.17) is 4.52 Å². The van der Waals surface area contributed by atoms with Crippen molar-refractivity contribution in [2.75, 3.05) is 11.9 Å². The number of aromatic nitrogens is 2. The summed E-state index contributed by atoms with van der Waals surface area (Å²) in [7, 11) is 0. The lowest BCUT2D eigenvalue weighted by molar-refractivity contribution is 0.381. The molecule has 0 spiro atoms. The van der Waals surface area contributed by atoms with Gasteiger partial charge in [0.05, 0.1) is 0 Å². The molecule has 4 nitrogen and oxygen atoms in total. The van der Waals surface area contributed by atoms with Crippen molar-refractivity contribution in [3.8, 4) is 11.4 Å². The van der Waals surface area contributed by atoms with E-state index < -0.39 is 0 Å². The lowest BCUT2D eigenvalue weighted by Crippen LogP contribution is -2.04. The average Bonchev–Trinajstić information content (AvgIpc) is 2.97. The van der Waals surface area contributed by atoms with Crippen LogP contribution in [-0.4, -0.2) is 16.7 Å². The molecule has 0 aliphatic heterocycles. The predicted molar refractivity (Wildman–Crippen MR) is 83.1 cm³/mol. The molecule has 0 saturated heterocycles. The predicted octanol–water partition coefficient (Wildman–Crippen LogP) is 3.70. The van der Waals surface area contributed by atoms with Crippen LogP contribution in [0.2, 0.25) is 0 Å². The molecule has 0 radical (unpaired) electrons. The standard InChI is InChI=1S/C17H17N3O/c1-13-6-5-7-14(12-13)17-19-16(21-20-17)10-11-18-15-8-3-2-4-9-15/h2-9,12,18H,10-11H2,1H3. The van der Waals surface area contributed by atoms with E-state index in [1.807, 2.05) is 55.5 Å². The molecule has 0 unspecified atom stereocenters. The van der Waals surface area contributed by atoms with Gasteiger partial charge >= 0.3 is 0 Å². The second-order valence-corrected chi connectivity index (χ2v) is 4.92. The first-order chi connectivity index (χ1) is 10.3. The molecule has 3 rings (SSSR count). The Labute approximate surface area is 123 Å². The van der Waals surface area contributed by atoms with Gasteiger partial charge in [0.25, 0.3) is 0 Å². The van der Waals surface area contributed by atoms with Crippen LogP contribution in [0.4, 0.5) is 5.69 Å². The summed E-state index contributed by atoms with van der Waals surface area (Å²) in [5.41, 5.74) is 3.27. The first-order valence-corrected chi connectivity index (χ1v) is 7.00. The van der Waals surface area contributed by atoms with E-state index in [9.17, 15) is 0 Å². The van der Waals surface area contributed by atoms with Crippen molar-refractivity contribution < 1.29 is 4.52 Å². The highest BCUT2D eigenvalue weighted by molar-refractivity contribution is 5.55. The van der Waals surface area contributed by atoms with E-state index in [-0.39, 0.29) is 0 Å². The zero-order valence-corrected chi connectivity index (χ0v) is 11.9. The summed E-state index contributed by atoms with van der Waals surface area (Å²) in [4.78, 5) is 4.44. The largest absolute Gasteiger partial charge is 0.385 e. The van der Waals surface area contributed by atoms with Gasteiger partial charge in [0.1, 0.15) is 0 Å². The van der Waals surface area contributed by atoms with E-state index in [0.29, 0.717) is 18.1 Å². The number of rotatable bonds is 5. The Balaban J connectivity index is 1.60. The summed E-state index contributed by atoms with van der Waals surface area (Å²) < 4.78 is 5.30. The van der Waals surface area contributed by atoms with Gasteiger partial charge in [-0.05, 0) is 25.1 Å². The Morgan fingerprint density at radius 3 is 2.71 bits per heavy atom. The van der Waals surface area contributed by atoms with Crippen LogP contribution >= 0.6 is 0 Å². The smallest absolute Gasteiger partial charge is 0.228 e. The van der Waals surface area contributed by atoms with Crippen molar-refractivity contribution in [1.29, 1.82) is 0 Å². The van der Waals surface area contributed by atoms with Gasteiger partial charge in [0.2, 0.25) is 11.7 Å². The number of hydrogen-bond donors (Lipinski definition) is 1. The molecule has 0 saturated carbocycles. The molecule has 0 amide bonds. The Morgan fingerprint density at radius 1 is 1.05 bits per heavy atom. The SMILES string of the molecule is Cc1cccc(-c2noc(CCNc3ccccc3)n2)c1. The van der Waals surface area contributed by atoms with Crippen molar-refractivity contribution in [1.82, 2.24) is 10.1 Å². The van der Waals surface area contributed by atoms with Gasteiger partial charge in [-0.1, -0.05) is 47.1 Å². The monoisotopic (exact) mass is 279 g/mol. The second kappa shape index (κ2) is 6.22. The molecule has 2 aromatic carbocycles. The van der Waals surface area contributed by atoms with E-state index in [0.717, 1.165) is 17.8 Å². The van der Waals surface area contributed by atoms with Crippen LogP contribution in [0.3, 0.4) is 0 Å². The lowest BCUT2D eigenvalue weighted by Gasteiger charge is -2.02. The van der Waals surface area contributed by atoms with Gasteiger partial charge in [-0.3, -0.25) is 0 Å². The van der Waals surface area contributed by atoms with E-state index in [1.54, 1.807) is 0 Å². The number of benzene rings is 2. The minimum absolute atomic E-state index is 0.647. The van der Waals surface area contributed by atoms with Gasteiger partial charge in [0, 0.05) is 24.2 Å². The highest BCUT2D eigenvalue weighted by atomic mass is 16.5. The number of nitrogens with zero attached hydrogens (tertiary/aromatic N) is 2. The molecule has 0 aliphatic carbocycles. The van der Waals surface area contributed by atoms with E-state index in [2.05, 4.69) is 21.5 Å². The van der Waals surface area contributed by atoms with E-state index in [1.165, 1.54) is 5.56 Å². The van der Waals surface area contributed by atoms with Crippen LogP contribution < -0.4 is 5.32 Å². The highest BCUT2D eigenvalue weighted by Gasteiger charge is 2.08. The number of hydrogen-bond acceptors (Lipinski definition) is 4. The summed E-state index contributed by atoms with van der Waals surface area (Å²) in [6.07, 6.45) is 0.702. The maximum Gasteiger partial charge on any atom is 0.228 e. The molecule has 0 aliphatic rings. The zero-order valence-electron chi connectivity index (χ0n) is 11.9. The Hall–Kier alpha value is -2.62. The summed E-state index contributed by atoms with van der Waals surface area (Å²) in [5, 5.41) is 7.36. The van der Waals surface area contributed by atoms with Crippen LogP contribution in [0, 0.1) is 6.92 Å². The maximum atomic E-state index is 5.30. The number of aryl methyl sites for hydroxylation is 1. The quantitative estimate of drug-likeness (QED) is 0.773. The zero-order chi connectivity index (χ0) is 14.5. The topological polar surface area (TPSA) is 51.0 Å². The van der Waals surface area contributed by atoms with Crippen LogP contribution in [0.15, 0.2) is 59.1 Å². The third kappa shape index (κ3) is 3.48. The fraction of sp³-hybridized carbons (Fsp3) is 0.176. The van der Waals surface area contributed by atoms with Gasteiger partial charge < -0.3 is 9.84 Å². The molecule has 1 N–H and O–H groups in total. The van der Waals surface area contributed by atoms with Gasteiger partial charge in [-0.15, -0.1) is 0 Å². The van der Waals surface area contributed by atoms with Crippen LogP contribution in [0.1, 0.15) is 11.5 Å². The molecular weight excluding hydrogens is 262 g/mol. The molecule has 3 aromatic rings. The Bertz CT molecular complexity index is 707. The minimum Gasteiger partial charge on any atom is -0.385 e. The molecule has 106 valence electrons. The van der Waals surface area contributed by atoms with Crippen molar-refractivity contribution >= 4 is 5.69 Å². The first kappa shape index (κ1) is 13.4. The van der Waals surface area contributed by atoms with E-state index >= 15 is 0 Å². The summed E-state index contributed by atoms with van der Waals surface area (Å²) in [5.74, 6) is 1.29. The summed E-state index contributed by atoms with van der Waals surface area (Å²) in [6.45, 7) is 2.81.